The van der Waals surface area contributed by atoms with E-state index in [4.69, 9.17) is 10.5 Å². The Morgan fingerprint density at radius 1 is 1.23 bits per heavy atom. The molecule has 0 atom stereocenters. The van der Waals surface area contributed by atoms with Gasteiger partial charge in [-0.05, 0) is 13.0 Å². The topological polar surface area (TPSA) is 133 Å². The van der Waals surface area contributed by atoms with Crippen molar-refractivity contribution in [3.8, 4) is 21.7 Å². The first-order chi connectivity index (χ1) is 18.7. The van der Waals surface area contributed by atoms with Gasteiger partial charge in [-0.3, -0.25) is 24.2 Å². The van der Waals surface area contributed by atoms with E-state index in [-0.39, 0.29) is 31.0 Å². The van der Waals surface area contributed by atoms with Crippen LogP contribution in [0, 0.1) is 6.92 Å². The van der Waals surface area contributed by atoms with E-state index < -0.39 is 11.8 Å². The molecule has 1 aliphatic heterocycles. The Kier molecular flexibility index (Phi) is 7.42. The van der Waals surface area contributed by atoms with Crippen molar-refractivity contribution in [1.82, 2.24) is 34.6 Å². The molecule has 0 spiro atoms. The van der Waals surface area contributed by atoms with E-state index in [0.717, 1.165) is 10.4 Å². The standard InChI is InChI=1S/C25H28F2N8O3S/c1-15-18(9-16(10-30-15)23(37)29-4-6-33-5-3-25(26,27)14-33)20-21(17-11-31-34(13-17)7-8-38-2)39-24-19(22(28)36)12-32-35(20)24/h9-13H,3-8,14H2,1-2H3,(H2,28,36)(H,29,37). The average molecular weight is 559 g/mol. The molecule has 14 heteroatoms. The predicted octanol–water partition coefficient (Wildman–Crippen LogP) is 2.45. The number of fused-ring (bicyclic) bond motifs is 1. The monoisotopic (exact) mass is 558 g/mol. The van der Waals surface area contributed by atoms with Crippen LogP contribution in [-0.4, -0.2) is 86.9 Å². The summed E-state index contributed by atoms with van der Waals surface area (Å²) in [5.74, 6) is -3.64. The molecule has 4 aromatic heterocycles. The number of primary amides is 1. The minimum Gasteiger partial charge on any atom is -0.383 e. The highest BCUT2D eigenvalue weighted by molar-refractivity contribution is 7.21. The summed E-state index contributed by atoms with van der Waals surface area (Å²) in [6.45, 7) is 3.44. The second kappa shape index (κ2) is 10.8. The molecule has 11 nitrogen and oxygen atoms in total. The number of rotatable bonds is 10. The van der Waals surface area contributed by atoms with Crippen LogP contribution >= 0.6 is 11.3 Å². The van der Waals surface area contributed by atoms with E-state index in [1.54, 1.807) is 33.5 Å². The van der Waals surface area contributed by atoms with Gasteiger partial charge in [0.05, 0.1) is 53.8 Å². The number of halogens is 2. The summed E-state index contributed by atoms with van der Waals surface area (Å²) >= 11 is 1.34. The van der Waals surface area contributed by atoms with Crippen LogP contribution in [0.2, 0.25) is 0 Å². The summed E-state index contributed by atoms with van der Waals surface area (Å²) in [5.41, 5.74) is 8.92. The van der Waals surface area contributed by atoms with Gasteiger partial charge in [0.2, 0.25) is 0 Å². The van der Waals surface area contributed by atoms with Crippen LogP contribution in [0.1, 0.15) is 32.8 Å². The second-order valence-electron chi connectivity index (χ2n) is 9.40. The van der Waals surface area contributed by atoms with Gasteiger partial charge in [-0.25, -0.2) is 13.3 Å². The molecule has 2 amide bonds. The van der Waals surface area contributed by atoms with Crippen molar-refractivity contribution in [2.45, 2.75) is 25.8 Å². The maximum absolute atomic E-state index is 13.5. The first kappa shape index (κ1) is 26.8. The van der Waals surface area contributed by atoms with Gasteiger partial charge in [-0.15, -0.1) is 11.3 Å². The van der Waals surface area contributed by atoms with Crippen molar-refractivity contribution >= 4 is 28.0 Å². The van der Waals surface area contributed by atoms with Crippen LogP contribution in [0.3, 0.4) is 0 Å². The van der Waals surface area contributed by atoms with Gasteiger partial charge < -0.3 is 15.8 Å². The molecule has 0 saturated carbocycles. The number of pyridine rings is 1. The van der Waals surface area contributed by atoms with Gasteiger partial charge >= 0.3 is 0 Å². The number of aryl methyl sites for hydroxylation is 1. The van der Waals surface area contributed by atoms with Crippen LogP contribution in [0.15, 0.2) is 30.9 Å². The third-order valence-corrected chi connectivity index (χ3v) is 7.82. The Morgan fingerprint density at radius 3 is 2.77 bits per heavy atom. The molecule has 1 aliphatic rings. The van der Waals surface area contributed by atoms with Crippen LogP contribution in [0.25, 0.3) is 26.5 Å². The van der Waals surface area contributed by atoms with Gasteiger partial charge in [-0.2, -0.15) is 10.2 Å². The molecule has 4 aromatic rings. The number of thiazole rings is 1. The number of nitrogens with zero attached hydrogens (tertiary/aromatic N) is 6. The highest BCUT2D eigenvalue weighted by Crippen LogP contribution is 2.41. The molecule has 1 saturated heterocycles. The average Bonchev–Trinajstić information content (AvgIpc) is 3.66. The number of nitrogens with two attached hydrogens (primary N) is 1. The number of hydrogen-bond acceptors (Lipinski definition) is 8. The maximum atomic E-state index is 13.5. The van der Waals surface area contributed by atoms with Gasteiger partial charge in [0.1, 0.15) is 4.83 Å². The minimum atomic E-state index is -2.68. The third-order valence-electron chi connectivity index (χ3n) is 6.60. The summed E-state index contributed by atoms with van der Waals surface area (Å²) in [7, 11) is 1.62. The Morgan fingerprint density at radius 2 is 2.05 bits per heavy atom. The fourth-order valence-corrected chi connectivity index (χ4v) is 5.75. The molecule has 0 unspecified atom stereocenters. The number of carbonyl (C=O) groups is 2. The van der Waals surface area contributed by atoms with Crippen LogP contribution in [0.4, 0.5) is 8.78 Å². The molecule has 206 valence electrons. The summed E-state index contributed by atoms with van der Waals surface area (Å²) in [6, 6.07) is 1.72. The lowest BCUT2D eigenvalue weighted by Gasteiger charge is -2.16. The van der Waals surface area contributed by atoms with E-state index in [0.29, 0.717) is 53.6 Å². The van der Waals surface area contributed by atoms with Gasteiger partial charge in [0.15, 0.2) is 0 Å². The van der Waals surface area contributed by atoms with E-state index in [9.17, 15) is 18.4 Å². The van der Waals surface area contributed by atoms with Crippen molar-refractivity contribution in [2.75, 3.05) is 39.9 Å². The summed E-state index contributed by atoms with van der Waals surface area (Å²) < 4.78 is 35.4. The largest absolute Gasteiger partial charge is 0.383 e. The van der Waals surface area contributed by atoms with Crippen molar-refractivity contribution in [3.05, 3.63) is 47.7 Å². The lowest BCUT2D eigenvalue weighted by atomic mass is 10.0. The lowest BCUT2D eigenvalue weighted by molar-refractivity contribution is 0.0124. The van der Waals surface area contributed by atoms with Crippen LogP contribution in [-0.2, 0) is 11.3 Å². The predicted molar refractivity (Wildman–Crippen MR) is 141 cm³/mol. The zero-order valence-corrected chi connectivity index (χ0v) is 22.3. The quantitative estimate of drug-likeness (QED) is 0.306. The molecular formula is C25H28F2N8O3S. The van der Waals surface area contributed by atoms with Crippen molar-refractivity contribution in [1.29, 1.82) is 0 Å². The molecule has 39 heavy (non-hydrogen) atoms. The Bertz CT molecular complexity index is 1530. The zero-order valence-electron chi connectivity index (χ0n) is 21.5. The number of carbonyl (C=O) groups excluding carboxylic acids is 2. The highest BCUT2D eigenvalue weighted by atomic mass is 32.1. The van der Waals surface area contributed by atoms with Crippen LogP contribution in [0.5, 0.6) is 0 Å². The molecule has 0 bridgehead atoms. The number of alkyl halides is 2. The number of nitrogens with one attached hydrogen (secondary N) is 1. The third kappa shape index (κ3) is 5.53. The Labute approximate surface area is 226 Å². The van der Waals surface area contributed by atoms with E-state index in [1.165, 1.54) is 23.7 Å². The number of ether oxygens (including phenoxy) is 1. The molecule has 3 N–H and O–H groups in total. The van der Waals surface area contributed by atoms with Crippen molar-refractivity contribution in [2.24, 2.45) is 5.73 Å². The minimum absolute atomic E-state index is 0.167. The fraction of sp³-hybridized carbons (Fsp3) is 0.400. The molecule has 0 aliphatic carbocycles. The first-order valence-electron chi connectivity index (χ1n) is 12.3. The molecule has 5 heterocycles. The number of hydrogen-bond donors (Lipinski definition) is 2. The smallest absolute Gasteiger partial charge is 0.261 e. The Balaban J connectivity index is 1.47. The zero-order chi connectivity index (χ0) is 27.7. The summed E-state index contributed by atoms with van der Waals surface area (Å²) in [4.78, 5) is 32.5. The first-order valence-corrected chi connectivity index (χ1v) is 13.2. The fourth-order valence-electron chi connectivity index (χ4n) is 4.55. The molecule has 5 rings (SSSR count). The summed E-state index contributed by atoms with van der Waals surface area (Å²) in [5, 5.41) is 11.6. The van der Waals surface area contributed by atoms with E-state index in [1.807, 2.05) is 13.1 Å². The molecular weight excluding hydrogens is 530 g/mol. The Hall–Kier alpha value is -3.75. The lowest BCUT2D eigenvalue weighted by Crippen LogP contribution is -2.35. The highest BCUT2D eigenvalue weighted by Gasteiger charge is 2.37. The molecule has 0 radical (unpaired) electrons. The normalized spacial score (nSPS) is 15.3. The summed E-state index contributed by atoms with van der Waals surface area (Å²) in [6.07, 6.45) is 6.32. The van der Waals surface area contributed by atoms with Gasteiger partial charge in [-0.1, -0.05) is 0 Å². The van der Waals surface area contributed by atoms with Gasteiger partial charge in [0, 0.05) is 62.4 Å². The second-order valence-corrected chi connectivity index (χ2v) is 10.4. The molecule has 0 aromatic carbocycles. The van der Waals surface area contributed by atoms with Crippen molar-refractivity contribution in [3.63, 3.8) is 0 Å². The number of likely N-dealkylation sites (tertiary alicyclic amines) is 1. The van der Waals surface area contributed by atoms with E-state index in [2.05, 4.69) is 20.5 Å². The van der Waals surface area contributed by atoms with Crippen LogP contribution < -0.4 is 11.1 Å². The SMILES string of the molecule is COCCn1cc(-c2sc3c(C(N)=O)cnn3c2-c2cc(C(=O)NCCN3CCC(F)(F)C3)cnc2C)cn1. The maximum Gasteiger partial charge on any atom is 0.261 e. The number of amides is 2. The number of aromatic nitrogens is 5. The van der Waals surface area contributed by atoms with Gasteiger partial charge in [0.25, 0.3) is 17.7 Å². The van der Waals surface area contributed by atoms with Crippen molar-refractivity contribution < 1.29 is 23.1 Å². The van der Waals surface area contributed by atoms with E-state index >= 15 is 0 Å². The molecule has 1 fully saturated rings. The number of methoxy groups -OCH3 is 1.